The third-order valence-electron chi connectivity index (χ3n) is 2.99. The lowest BCUT2D eigenvalue weighted by Gasteiger charge is -2.15. The van der Waals surface area contributed by atoms with E-state index in [9.17, 15) is 12.8 Å². The topological polar surface area (TPSA) is 55.4 Å². The van der Waals surface area contributed by atoms with Crippen LogP contribution in [0, 0.1) is 19.7 Å². The molecule has 2 aromatic carbocycles. The Morgan fingerprint density at radius 1 is 1.10 bits per heavy atom. The fourth-order valence-corrected chi connectivity index (χ4v) is 3.17. The van der Waals surface area contributed by atoms with E-state index in [0.717, 1.165) is 23.3 Å². The number of sulfonamides is 1. The van der Waals surface area contributed by atoms with Gasteiger partial charge in [-0.15, -0.1) is 0 Å². The maximum Gasteiger partial charge on any atom is 0.262 e. The molecule has 0 aliphatic rings. The maximum atomic E-state index is 12.9. The van der Waals surface area contributed by atoms with Crippen LogP contribution in [0.4, 0.5) is 10.1 Å². The molecule has 0 aliphatic carbocycles. The molecule has 0 saturated heterocycles. The molecular weight excluding hydrogens is 293 g/mol. The number of aryl methyl sites for hydroxylation is 2. The van der Waals surface area contributed by atoms with E-state index in [-0.39, 0.29) is 4.90 Å². The smallest absolute Gasteiger partial charge is 0.262 e. The molecule has 2 rings (SSSR count). The van der Waals surface area contributed by atoms with Crippen molar-refractivity contribution < 1.29 is 17.5 Å². The zero-order valence-corrected chi connectivity index (χ0v) is 12.8. The van der Waals surface area contributed by atoms with Gasteiger partial charge in [0.1, 0.15) is 11.6 Å². The van der Waals surface area contributed by atoms with Crippen molar-refractivity contribution in [2.45, 2.75) is 18.7 Å². The Morgan fingerprint density at radius 3 is 2.29 bits per heavy atom. The van der Waals surface area contributed by atoms with Crippen LogP contribution in [0.25, 0.3) is 0 Å². The highest BCUT2D eigenvalue weighted by molar-refractivity contribution is 7.92. The molecule has 0 bridgehead atoms. The quantitative estimate of drug-likeness (QED) is 0.943. The van der Waals surface area contributed by atoms with E-state index in [1.54, 1.807) is 6.07 Å². The molecule has 0 atom stereocenters. The van der Waals surface area contributed by atoms with Gasteiger partial charge in [-0.2, -0.15) is 0 Å². The summed E-state index contributed by atoms with van der Waals surface area (Å²) in [4.78, 5) is -0.00916. The van der Waals surface area contributed by atoms with Crippen molar-refractivity contribution in [1.82, 2.24) is 0 Å². The van der Waals surface area contributed by atoms with Crippen molar-refractivity contribution in [3.05, 3.63) is 53.3 Å². The third-order valence-corrected chi connectivity index (χ3v) is 4.37. The second-order valence-electron chi connectivity index (χ2n) is 4.72. The van der Waals surface area contributed by atoms with Crippen LogP contribution in [0.1, 0.15) is 11.1 Å². The van der Waals surface area contributed by atoms with Gasteiger partial charge in [-0.1, -0.05) is 6.07 Å². The maximum absolute atomic E-state index is 12.9. The lowest BCUT2D eigenvalue weighted by molar-refractivity contribution is 0.413. The largest absolute Gasteiger partial charge is 0.494 e. The molecule has 0 radical (unpaired) electrons. The Balaban J connectivity index is 2.43. The normalized spacial score (nSPS) is 11.2. The van der Waals surface area contributed by atoms with E-state index in [4.69, 9.17) is 4.74 Å². The molecule has 0 aliphatic heterocycles. The molecule has 1 N–H and O–H groups in total. The Bertz CT molecular complexity index is 755. The Morgan fingerprint density at radius 2 is 1.71 bits per heavy atom. The van der Waals surface area contributed by atoms with Crippen LogP contribution in [0.5, 0.6) is 5.75 Å². The number of nitrogens with one attached hydrogen (secondary N) is 1. The molecule has 4 nitrogen and oxygen atoms in total. The van der Waals surface area contributed by atoms with E-state index in [1.807, 2.05) is 19.9 Å². The van der Waals surface area contributed by atoms with E-state index in [1.165, 1.54) is 19.2 Å². The van der Waals surface area contributed by atoms with Gasteiger partial charge < -0.3 is 4.74 Å². The predicted octanol–water partition coefficient (Wildman–Crippen LogP) is 3.25. The van der Waals surface area contributed by atoms with Gasteiger partial charge in [-0.3, -0.25) is 4.72 Å². The van der Waals surface area contributed by atoms with E-state index < -0.39 is 15.8 Å². The molecule has 21 heavy (non-hydrogen) atoms. The van der Waals surface area contributed by atoms with Crippen LogP contribution in [-0.4, -0.2) is 15.5 Å². The summed E-state index contributed by atoms with van der Waals surface area (Å²) in [6, 6.07) is 8.22. The van der Waals surface area contributed by atoms with Crippen LogP contribution < -0.4 is 9.46 Å². The predicted molar refractivity (Wildman–Crippen MR) is 79.7 cm³/mol. The summed E-state index contributed by atoms with van der Waals surface area (Å²) in [7, 11) is -2.31. The first-order valence-electron chi connectivity index (χ1n) is 6.27. The van der Waals surface area contributed by atoms with Crippen LogP contribution >= 0.6 is 0 Å². The summed E-state index contributed by atoms with van der Waals surface area (Å²) in [5, 5.41) is 0. The first kappa shape index (κ1) is 15.3. The first-order valence-corrected chi connectivity index (χ1v) is 7.75. The summed E-state index contributed by atoms with van der Waals surface area (Å²) in [5.41, 5.74) is 2.10. The average Bonchev–Trinajstić information content (AvgIpc) is 2.38. The fraction of sp³-hybridized carbons (Fsp3) is 0.200. The number of ether oxygens (including phenoxy) is 1. The third kappa shape index (κ3) is 3.33. The monoisotopic (exact) mass is 309 g/mol. The van der Waals surface area contributed by atoms with Gasteiger partial charge in [0.2, 0.25) is 0 Å². The SMILES string of the molecule is COc1c(C)cc(C)cc1NS(=O)(=O)c1ccc(F)cc1. The highest BCUT2D eigenvalue weighted by atomic mass is 32.2. The van der Waals surface area contributed by atoms with Crippen molar-refractivity contribution >= 4 is 15.7 Å². The van der Waals surface area contributed by atoms with Gasteiger partial charge in [0.05, 0.1) is 17.7 Å². The van der Waals surface area contributed by atoms with Crippen LogP contribution in [0.15, 0.2) is 41.3 Å². The standard InChI is InChI=1S/C15H16FNO3S/c1-10-8-11(2)15(20-3)14(9-10)17-21(18,19)13-6-4-12(16)5-7-13/h4-9,17H,1-3H3. The van der Waals surface area contributed by atoms with Crippen LogP contribution in [0.2, 0.25) is 0 Å². The minimum atomic E-state index is -3.79. The van der Waals surface area contributed by atoms with E-state index in [2.05, 4.69) is 4.72 Å². The minimum absolute atomic E-state index is 0.00916. The summed E-state index contributed by atoms with van der Waals surface area (Å²) in [6.07, 6.45) is 0. The summed E-state index contributed by atoms with van der Waals surface area (Å²) in [6.45, 7) is 3.70. The van der Waals surface area contributed by atoms with Crippen molar-refractivity contribution in [3.8, 4) is 5.75 Å². The van der Waals surface area contributed by atoms with Gasteiger partial charge in [0.25, 0.3) is 10.0 Å². The van der Waals surface area contributed by atoms with Gasteiger partial charge >= 0.3 is 0 Å². The summed E-state index contributed by atoms with van der Waals surface area (Å²) in [5.74, 6) is -0.0239. The van der Waals surface area contributed by atoms with Crippen LogP contribution in [0.3, 0.4) is 0 Å². The molecule has 2 aromatic rings. The number of halogens is 1. The summed E-state index contributed by atoms with van der Waals surface area (Å²) >= 11 is 0. The lowest BCUT2D eigenvalue weighted by Crippen LogP contribution is -2.14. The van der Waals surface area contributed by atoms with Gasteiger partial charge in [-0.25, -0.2) is 12.8 Å². The van der Waals surface area contributed by atoms with Crippen molar-refractivity contribution in [3.63, 3.8) is 0 Å². The minimum Gasteiger partial charge on any atom is -0.494 e. The average molecular weight is 309 g/mol. The first-order chi connectivity index (χ1) is 9.83. The van der Waals surface area contributed by atoms with E-state index >= 15 is 0 Å². The Kier molecular flexibility index (Phi) is 4.18. The Labute approximate surface area is 123 Å². The molecule has 0 aromatic heterocycles. The van der Waals surface area contributed by atoms with Crippen molar-refractivity contribution in [2.24, 2.45) is 0 Å². The number of methoxy groups -OCH3 is 1. The second kappa shape index (κ2) is 5.73. The van der Waals surface area contributed by atoms with Crippen molar-refractivity contribution in [2.75, 3.05) is 11.8 Å². The number of hydrogen-bond acceptors (Lipinski definition) is 3. The molecular formula is C15H16FNO3S. The highest BCUT2D eigenvalue weighted by Gasteiger charge is 2.17. The molecule has 6 heteroatoms. The molecule has 112 valence electrons. The molecule has 0 saturated carbocycles. The number of rotatable bonds is 4. The molecule has 0 amide bonds. The number of benzene rings is 2. The molecule has 0 fully saturated rings. The lowest BCUT2D eigenvalue weighted by atomic mass is 10.1. The molecule has 0 unspecified atom stereocenters. The zero-order valence-electron chi connectivity index (χ0n) is 12.0. The number of anilines is 1. The Hall–Kier alpha value is -2.08. The van der Waals surface area contributed by atoms with Gasteiger partial charge in [0, 0.05) is 0 Å². The second-order valence-corrected chi connectivity index (χ2v) is 6.40. The van der Waals surface area contributed by atoms with Gasteiger partial charge in [-0.05, 0) is 55.3 Å². The van der Waals surface area contributed by atoms with Gasteiger partial charge in [0.15, 0.2) is 0 Å². The van der Waals surface area contributed by atoms with Crippen LogP contribution in [-0.2, 0) is 10.0 Å². The number of hydrogen-bond donors (Lipinski definition) is 1. The fourth-order valence-electron chi connectivity index (χ4n) is 2.12. The highest BCUT2D eigenvalue weighted by Crippen LogP contribution is 2.31. The molecule has 0 heterocycles. The van der Waals surface area contributed by atoms with Crippen molar-refractivity contribution in [1.29, 1.82) is 0 Å². The molecule has 0 spiro atoms. The van der Waals surface area contributed by atoms with E-state index in [0.29, 0.717) is 11.4 Å². The zero-order chi connectivity index (χ0) is 15.6. The summed E-state index contributed by atoms with van der Waals surface area (Å²) < 4.78 is 45.2.